The van der Waals surface area contributed by atoms with Crippen molar-refractivity contribution in [3.8, 4) is 28.5 Å². The molecule has 1 N–H and O–H groups in total. The van der Waals surface area contributed by atoms with Crippen LogP contribution in [0.5, 0.6) is 5.75 Å². The van der Waals surface area contributed by atoms with Crippen molar-refractivity contribution in [2.75, 3.05) is 0 Å². The number of nitro benzene ring substituents is 1. The molecule has 126 valence electrons. The van der Waals surface area contributed by atoms with E-state index in [1.807, 2.05) is 0 Å². The van der Waals surface area contributed by atoms with Crippen LogP contribution in [-0.2, 0) is 0 Å². The average molecular weight is 379 g/mol. The van der Waals surface area contributed by atoms with Crippen molar-refractivity contribution in [1.29, 1.82) is 0 Å². The van der Waals surface area contributed by atoms with Gasteiger partial charge < -0.3 is 9.52 Å². The Morgan fingerprint density at radius 2 is 1.88 bits per heavy atom. The highest BCUT2D eigenvalue weighted by Crippen LogP contribution is 2.36. The zero-order valence-corrected chi connectivity index (χ0v) is 13.8. The SMILES string of the molecule is O=c1cc(-c2cccc([N+](=O)[O-])c2O)nc(-c2ccc(Cl)cc2Cl)o1. The number of nitro groups is 1. The van der Waals surface area contributed by atoms with E-state index in [2.05, 4.69) is 4.98 Å². The van der Waals surface area contributed by atoms with Crippen LogP contribution in [0.3, 0.4) is 0 Å². The lowest BCUT2D eigenvalue weighted by atomic mass is 10.1. The van der Waals surface area contributed by atoms with Gasteiger partial charge in [0.15, 0.2) is 0 Å². The van der Waals surface area contributed by atoms with Crippen molar-refractivity contribution in [2.24, 2.45) is 0 Å². The number of phenolic OH excluding ortho intramolecular Hbond substituents is 1. The maximum Gasteiger partial charge on any atom is 0.339 e. The minimum Gasteiger partial charge on any atom is -0.502 e. The van der Waals surface area contributed by atoms with Gasteiger partial charge in [0, 0.05) is 16.7 Å². The van der Waals surface area contributed by atoms with Gasteiger partial charge in [-0.15, -0.1) is 0 Å². The number of aromatic nitrogens is 1. The van der Waals surface area contributed by atoms with Gasteiger partial charge in [-0.3, -0.25) is 10.1 Å². The molecule has 0 atom stereocenters. The van der Waals surface area contributed by atoms with Crippen LogP contribution < -0.4 is 5.63 Å². The van der Waals surface area contributed by atoms with Gasteiger partial charge in [-0.1, -0.05) is 29.3 Å². The summed E-state index contributed by atoms with van der Waals surface area (Å²) in [6, 6.07) is 9.45. The van der Waals surface area contributed by atoms with Crippen LogP contribution in [0.1, 0.15) is 0 Å². The molecule has 1 aromatic heterocycles. The van der Waals surface area contributed by atoms with Gasteiger partial charge >= 0.3 is 11.3 Å². The Balaban J connectivity index is 2.20. The van der Waals surface area contributed by atoms with Gasteiger partial charge in [0.25, 0.3) is 0 Å². The maximum atomic E-state index is 11.9. The molecule has 0 aliphatic carbocycles. The molecule has 0 unspecified atom stereocenters. The van der Waals surface area contributed by atoms with Gasteiger partial charge in [0.2, 0.25) is 11.6 Å². The molecule has 1 heterocycles. The van der Waals surface area contributed by atoms with Crippen LogP contribution in [0.25, 0.3) is 22.7 Å². The Labute approximate surface area is 150 Å². The third-order valence-corrected chi connectivity index (χ3v) is 3.87. The highest BCUT2D eigenvalue weighted by atomic mass is 35.5. The van der Waals surface area contributed by atoms with E-state index in [1.165, 1.54) is 24.3 Å². The molecule has 2 aromatic carbocycles. The molecule has 0 amide bonds. The molecule has 3 rings (SSSR count). The van der Waals surface area contributed by atoms with Gasteiger partial charge in [-0.05, 0) is 24.3 Å². The molecule has 0 radical (unpaired) electrons. The third kappa shape index (κ3) is 3.33. The predicted octanol–water partition coefficient (Wildman–Crippen LogP) is 4.29. The number of benzene rings is 2. The molecule has 25 heavy (non-hydrogen) atoms. The molecular weight excluding hydrogens is 371 g/mol. The minimum atomic E-state index is -0.753. The Morgan fingerprint density at radius 3 is 2.56 bits per heavy atom. The Kier molecular flexibility index (Phi) is 4.43. The summed E-state index contributed by atoms with van der Waals surface area (Å²) in [5.74, 6) is -0.700. The fourth-order valence-electron chi connectivity index (χ4n) is 2.20. The molecule has 0 saturated heterocycles. The normalized spacial score (nSPS) is 10.6. The largest absolute Gasteiger partial charge is 0.502 e. The molecule has 3 aromatic rings. The lowest BCUT2D eigenvalue weighted by Crippen LogP contribution is -2.02. The average Bonchev–Trinajstić information content (AvgIpc) is 2.54. The molecule has 0 bridgehead atoms. The predicted molar refractivity (Wildman–Crippen MR) is 92.0 cm³/mol. The third-order valence-electron chi connectivity index (χ3n) is 3.32. The second kappa shape index (κ2) is 6.54. The molecule has 0 fully saturated rings. The number of hydrogen-bond donors (Lipinski definition) is 1. The number of phenols is 1. The summed E-state index contributed by atoms with van der Waals surface area (Å²) in [5, 5.41) is 21.7. The molecular formula is C16H8Cl2N2O5. The second-order valence-corrected chi connectivity index (χ2v) is 5.77. The summed E-state index contributed by atoms with van der Waals surface area (Å²) in [6.45, 7) is 0. The van der Waals surface area contributed by atoms with Crippen LogP contribution in [-0.4, -0.2) is 15.0 Å². The van der Waals surface area contributed by atoms with Crippen molar-refractivity contribution in [1.82, 2.24) is 4.98 Å². The maximum absolute atomic E-state index is 11.9. The highest BCUT2D eigenvalue weighted by Gasteiger charge is 2.20. The summed E-state index contributed by atoms with van der Waals surface area (Å²) in [4.78, 5) is 26.2. The number of para-hydroxylation sites is 1. The zero-order chi connectivity index (χ0) is 18.1. The summed E-state index contributed by atoms with van der Waals surface area (Å²) >= 11 is 11.9. The monoisotopic (exact) mass is 378 g/mol. The van der Waals surface area contributed by atoms with Gasteiger partial charge in [0.1, 0.15) is 0 Å². The van der Waals surface area contributed by atoms with E-state index in [9.17, 15) is 20.0 Å². The first-order chi connectivity index (χ1) is 11.9. The van der Waals surface area contributed by atoms with Gasteiger partial charge in [0.05, 0.1) is 27.3 Å². The number of halogens is 2. The van der Waals surface area contributed by atoms with Gasteiger partial charge in [-0.2, -0.15) is 0 Å². The number of hydrogen-bond acceptors (Lipinski definition) is 6. The first kappa shape index (κ1) is 16.9. The molecule has 7 nitrogen and oxygen atoms in total. The van der Waals surface area contributed by atoms with Crippen LogP contribution >= 0.6 is 23.2 Å². The lowest BCUT2D eigenvalue weighted by molar-refractivity contribution is -0.385. The Bertz CT molecular complexity index is 1050. The lowest BCUT2D eigenvalue weighted by Gasteiger charge is -2.07. The van der Waals surface area contributed by atoms with E-state index >= 15 is 0 Å². The van der Waals surface area contributed by atoms with Crippen molar-refractivity contribution >= 4 is 28.9 Å². The Morgan fingerprint density at radius 1 is 1.12 bits per heavy atom. The fraction of sp³-hybridized carbons (Fsp3) is 0. The zero-order valence-electron chi connectivity index (χ0n) is 12.3. The molecule has 0 spiro atoms. The van der Waals surface area contributed by atoms with Crippen molar-refractivity contribution in [3.63, 3.8) is 0 Å². The van der Waals surface area contributed by atoms with Crippen LogP contribution in [0.15, 0.2) is 51.7 Å². The topological polar surface area (TPSA) is 106 Å². The smallest absolute Gasteiger partial charge is 0.339 e. The molecule has 0 aliphatic rings. The van der Waals surface area contributed by atoms with Gasteiger partial charge in [-0.25, -0.2) is 9.78 Å². The van der Waals surface area contributed by atoms with Crippen LogP contribution in [0.2, 0.25) is 10.0 Å². The van der Waals surface area contributed by atoms with E-state index < -0.39 is 22.0 Å². The summed E-state index contributed by atoms with van der Waals surface area (Å²) in [7, 11) is 0. The fourth-order valence-corrected chi connectivity index (χ4v) is 2.69. The number of rotatable bonds is 3. The van der Waals surface area contributed by atoms with Crippen LogP contribution in [0.4, 0.5) is 5.69 Å². The van der Waals surface area contributed by atoms with E-state index in [-0.39, 0.29) is 22.2 Å². The van der Waals surface area contributed by atoms with Crippen molar-refractivity contribution < 1.29 is 14.4 Å². The second-order valence-electron chi connectivity index (χ2n) is 4.92. The standard InChI is InChI=1S/C16H8Cl2N2O5/c17-8-4-5-9(11(18)6-8)16-19-12(7-14(21)25-16)10-2-1-3-13(15(10)22)20(23)24/h1-7,22H. The first-order valence-electron chi connectivity index (χ1n) is 6.81. The number of nitrogens with zero attached hydrogens (tertiary/aromatic N) is 2. The van der Waals surface area contributed by atoms with E-state index in [4.69, 9.17) is 27.6 Å². The molecule has 0 saturated carbocycles. The number of aromatic hydroxyl groups is 1. The van der Waals surface area contributed by atoms with E-state index in [0.717, 1.165) is 12.1 Å². The summed E-state index contributed by atoms with van der Waals surface area (Å²) in [5.41, 5.74) is -0.905. The first-order valence-corrected chi connectivity index (χ1v) is 7.57. The summed E-state index contributed by atoms with van der Waals surface area (Å²) < 4.78 is 5.05. The Hall–Kier alpha value is -2.90. The highest BCUT2D eigenvalue weighted by molar-refractivity contribution is 6.36. The quantitative estimate of drug-likeness (QED) is 0.538. The molecule has 0 aliphatic heterocycles. The van der Waals surface area contributed by atoms with Crippen molar-refractivity contribution in [2.45, 2.75) is 0 Å². The van der Waals surface area contributed by atoms with E-state index in [1.54, 1.807) is 6.07 Å². The summed E-state index contributed by atoms with van der Waals surface area (Å²) in [6.07, 6.45) is 0. The molecule has 9 heteroatoms. The van der Waals surface area contributed by atoms with Crippen molar-refractivity contribution in [3.05, 3.63) is 73.0 Å². The van der Waals surface area contributed by atoms with Crippen LogP contribution in [0, 0.1) is 10.1 Å². The van der Waals surface area contributed by atoms with E-state index in [0.29, 0.717) is 10.6 Å². The minimum absolute atomic E-state index is 0.0125.